The van der Waals surface area contributed by atoms with Crippen molar-refractivity contribution in [1.82, 2.24) is 0 Å². The zero-order valence-corrected chi connectivity index (χ0v) is 17.7. The van der Waals surface area contributed by atoms with Crippen molar-refractivity contribution in [1.29, 1.82) is 0 Å². The van der Waals surface area contributed by atoms with Gasteiger partial charge in [0.1, 0.15) is 11.7 Å². The number of benzene rings is 2. The summed E-state index contributed by atoms with van der Waals surface area (Å²) in [4.78, 5) is 27.2. The molecule has 0 N–H and O–H groups in total. The molecule has 0 aromatic heterocycles. The van der Waals surface area contributed by atoms with Gasteiger partial charge < -0.3 is 4.74 Å². The topological polar surface area (TPSA) is 43.4 Å². The van der Waals surface area contributed by atoms with E-state index in [1.165, 1.54) is 6.07 Å². The van der Waals surface area contributed by atoms with Crippen LogP contribution in [0.15, 0.2) is 36.4 Å². The lowest BCUT2D eigenvalue weighted by Crippen LogP contribution is -2.34. The molecule has 30 heavy (non-hydrogen) atoms. The molecule has 156 valence electrons. The Morgan fingerprint density at radius 2 is 1.63 bits per heavy atom. The molecular weight excluding hydrogens is 379 g/mol. The van der Waals surface area contributed by atoms with Crippen LogP contribution in [0.4, 0.5) is 4.39 Å². The monoisotopic (exact) mass is 406 g/mol. The van der Waals surface area contributed by atoms with Crippen molar-refractivity contribution in [3.63, 3.8) is 0 Å². The molecule has 1 unspecified atom stereocenters. The highest BCUT2D eigenvalue weighted by Gasteiger charge is 2.66. The Morgan fingerprint density at radius 3 is 2.27 bits per heavy atom. The second-order valence-electron chi connectivity index (χ2n) is 9.00. The normalized spacial score (nSPS) is 32.1. The molecule has 0 spiro atoms. The number of ether oxygens (including phenoxy) is 1. The van der Waals surface area contributed by atoms with Crippen LogP contribution in [-0.2, 0) is 27.2 Å². The van der Waals surface area contributed by atoms with Gasteiger partial charge in [-0.1, -0.05) is 49.7 Å². The van der Waals surface area contributed by atoms with Crippen LogP contribution in [0.2, 0.25) is 0 Å². The van der Waals surface area contributed by atoms with Crippen LogP contribution in [0.5, 0.6) is 0 Å². The van der Waals surface area contributed by atoms with Gasteiger partial charge in [0.05, 0.1) is 24.0 Å². The molecule has 3 aliphatic rings. The Bertz CT molecular complexity index is 1020. The number of aryl methyl sites for hydroxylation is 3. The summed E-state index contributed by atoms with van der Waals surface area (Å²) in [5, 5.41) is 0. The number of ketones is 2. The number of hydrogen-bond donors (Lipinski definition) is 0. The van der Waals surface area contributed by atoms with Crippen molar-refractivity contribution in [3.8, 4) is 0 Å². The number of hydrogen-bond acceptors (Lipinski definition) is 3. The lowest BCUT2D eigenvalue weighted by molar-refractivity contribution is -0.127. The first-order valence-corrected chi connectivity index (χ1v) is 11.1. The third-order valence-electron chi connectivity index (χ3n) is 7.43. The first-order valence-electron chi connectivity index (χ1n) is 11.1. The molecule has 5 rings (SSSR count). The van der Waals surface area contributed by atoms with E-state index in [4.69, 9.17) is 4.74 Å². The van der Waals surface area contributed by atoms with Crippen LogP contribution in [0.25, 0.3) is 0 Å². The van der Waals surface area contributed by atoms with Gasteiger partial charge in [-0.2, -0.15) is 0 Å². The fourth-order valence-corrected chi connectivity index (χ4v) is 6.24. The molecule has 2 aromatic carbocycles. The summed E-state index contributed by atoms with van der Waals surface area (Å²) in [6.45, 7) is 6.20. The largest absolute Gasteiger partial charge is 0.373 e. The average Bonchev–Trinajstić information content (AvgIpc) is 3.39. The van der Waals surface area contributed by atoms with Gasteiger partial charge in [-0.15, -0.1) is 0 Å². The van der Waals surface area contributed by atoms with Crippen LogP contribution in [0.1, 0.15) is 59.9 Å². The van der Waals surface area contributed by atoms with E-state index in [0.29, 0.717) is 12.0 Å². The molecule has 2 bridgehead atoms. The quantitative estimate of drug-likeness (QED) is 0.693. The third kappa shape index (κ3) is 2.66. The Balaban J connectivity index is 1.55. The van der Waals surface area contributed by atoms with Crippen molar-refractivity contribution in [2.24, 2.45) is 11.8 Å². The van der Waals surface area contributed by atoms with Gasteiger partial charge in [-0.05, 0) is 54.5 Å². The number of carbonyl (C=O) groups excluding carboxylic acids is 2. The molecule has 6 atom stereocenters. The van der Waals surface area contributed by atoms with Crippen molar-refractivity contribution < 1.29 is 18.7 Å². The molecule has 1 saturated carbocycles. The van der Waals surface area contributed by atoms with Gasteiger partial charge in [0.15, 0.2) is 11.6 Å². The summed E-state index contributed by atoms with van der Waals surface area (Å²) in [5.74, 6) is -1.97. The van der Waals surface area contributed by atoms with E-state index in [1.807, 2.05) is 6.07 Å². The lowest BCUT2D eigenvalue weighted by Gasteiger charge is -2.26. The standard InChI is InChI=1S/C26H27FO3/c1-4-14-10-13(3)11-15(5-2)20(14)22-24(28)21-19-12-17(16-8-6-7-9-18(16)27)26(30-19)23(21)25(22)29/h6-11,17,19,21-23,26H,4-5,12H2,1-3H3/t17-,19-,21-,22?,23+,26+/m0/s1. The maximum Gasteiger partial charge on any atom is 0.154 e. The van der Waals surface area contributed by atoms with Crippen LogP contribution in [0.3, 0.4) is 0 Å². The number of Topliss-reactive ketones (excluding diaryl/α,β-unsaturated/α-hetero) is 2. The van der Waals surface area contributed by atoms with E-state index >= 15 is 0 Å². The number of halogens is 1. The summed E-state index contributed by atoms with van der Waals surface area (Å²) >= 11 is 0. The van der Waals surface area contributed by atoms with Gasteiger partial charge in [0.25, 0.3) is 0 Å². The lowest BCUT2D eigenvalue weighted by atomic mass is 9.73. The van der Waals surface area contributed by atoms with Crippen LogP contribution < -0.4 is 0 Å². The number of carbonyl (C=O) groups is 2. The van der Waals surface area contributed by atoms with Gasteiger partial charge in [-0.25, -0.2) is 4.39 Å². The highest BCUT2D eigenvalue weighted by Crippen LogP contribution is 2.57. The predicted molar refractivity (Wildman–Crippen MR) is 112 cm³/mol. The van der Waals surface area contributed by atoms with Crippen molar-refractivity contribution in [2.45, 2.75) is 64.1 Å². The van der Waals surface area contributed by atoms with E-state index in [9.17, 15) is 14.0 Å². The zero-order valence-electron chi connectivity index (χ0n) is 17.7. The molecule has 4 heteroatoms. The fourth-order valence-electron chi connectivity index (χ4n) is 6.24. The summed E-state index contributed by atoms with van der Waals surface area (Å²) in [5.41, 5.74) is 4.88. The minimum Gasteiger partial charge on any atom is -0.373 e. The van der Waals surface area contributed by atoms with E-state index in [2.05, 4.69) is 32.9 Å². The molecule has 0 amide bonds. The van der Waals surface area contributed by atoms with E-state index < -0.39 is 17.9 Å². The highest BCUT2D eigenvalue weighted by atomic mass is 19.1. The zero-order chi connectivity index (χ0) is 21.2. The summed E-state index contributed by atoms with van der Waals surface area (Å²) in [6, 6.07) is 10.9. The first kappa shape index (κ1) is 19.6. The Labute approximate surface area is 176 Å². The SMILES string of the molecule is CCc1cc(C)cc(CC)c1C1C(=O)[C@@H]2[C@@H]3O[C@@H](C[C@H]3c3ccccc3F)[C@@H]2C1=O. The molecular formula is C26H27FO3. The summed E-state index contributed by atoms with van der Waals surface area (Å²) in [6.07, 6.45) is 1.49. The van der Waals surface area contributed by atoms with E-state index in [0.717, 1.165) is 35.1 Å². The molecule has 2 aliphatic heterocycles. The molecule has 3 fully saturated rings. The average molecular weight is 406 g/mol. The molecule has 3 nitrogen and oxygen atoms in total. The summed E-state index contributed by atoms with van der Waals surface area (Å²) < 4.78 is 20.6. The second-order valence-corrected chi connectivity index (χ2v) is 9.00. The maximum atomic E-state index is 14.5. The highest BCUT2D eigenvalue weighted by molar-refractivity contribution is 6.17. The number of fused-ring (bicyclic) bond motifs is 5. The van der Waals surface area contributed by atoms with Gasteiger partial charge in [-0.3, -0.25) is 9.59 Å². The van der Waals surface area contributed by atoms with Gasteiger partial charge in [0.2, 0.25) is 0 Å². The first-order chi connectivity index (χ1) is 14.5. The minimum atomic E-state index is -0.696. The van der Waals surface area contributed by atoms with Crippen molar-refractivity contribution >= 4 is 11.6 Å². The van der Waals surface area contributed by atoms with Gasteiger partial charge >= 0.3 is 0 Å². The smallest absolute Gasteiger partial charge is 0.154 e. The van der Waals surface area contributed by atoms with Crippen molar-refractivity contribution in [2.75, 3.05) is 0 Å². The molecule has 2 saturated heterocycles. The van der Waals surface area contributed by atoms with E-state index in [-0.39, 0.29) is 35.3 Å². The van der Waals surface area contributed by atoms with E-state index in [1.54, 1.807) is 12.1 Å². The Kier molecular flexibility index (Phi) is 4.66. The van der Waals surface area contributed by atoms with Crippen LogP contribution in [-0.4, -0.2) is 23.8 Å². The Hall–Kier alpha value is -2.33. The van der Waals surface area contributed by atoms with Gasteiger partial charge in [0, 0.05) is 5.92 Å². The molecule has 0 radical (unpaired) electrons. The Morgan fingerprint density at radius 1 is 1.00 bits per heavy atom. The van der Waals surface area contributed by atoms with Crippen LogP contribution in [0, 0.1) is 24.6 Å². The van der Waals surface area contributed by atoms with Crippen LogP contribution >= 0.6 is 0 Å². The molecule has 1 aliphatic carbocycles. The van der Waals surface area contributed by atoms with Crippen molar-refractivity contribution in [3.05, 3.63) is 70.0 Å². The molecule has 2 aromatic rings. The minimum absolute atomic E-state index is 0.0118. The predicted octanol–water partition coefficient (Wildman–Crippen LogP) is 4.68. The molecule has 2 heterocycles. The second kappa shape index (κ2) is 7.12. The summed E-state index contributed by atoms with van der Waals surface area (Å²) in [7, 11) is 0. The number of rotatable bonds is 4. The third-order valence-corrected chi connectivity index (χ3v) is 7.43. The fraction of sp³-hybridized carbons (Fsp3) is 0.462. The maximum absolute atomic E-state index is 14.5.